The van der Waals surface area contributed by atoms with E-state index in [0.717, 1.165) is 32.2 Å². The van der Waals surface area contributed by atoms with E-state index in [9.17, 15) is 9.59 Å². The van der Waals surface area contributed by atoms with Gasteiger partial charge in [0.25, 0.3) is 5.91 Å². The Kier molecular flexibility index (Phi) is 6.57. The van der Waals surface area contributed by atoms with E-state index in [1.165, 1.54) is 11.8 Å². The van der Waals surface area contributed by atoms with Crippen molar-refractivity contribution in [2.24, 2.45) is 0 Å². The number of furan rings is 1. The molecule has 1 fully saturated rings. The first-order valence-electron chi connectivity index (χ1n) is 10.4. The molecule has 1 aliphatic heterocycles. The molecule has 4 rings (SSSR count). The number of carbonyl (C=O) groups is 2. The van der Waals surface area contributed by atoms with Gasteiger partial charge in [0.2, 0.25) is 0 Å². The number of hydrogen-bond donors (Lipinski definition) is 2. The molecule has 1 unspecified atom stereocenters. The van der Waals surface area contributed by atoms with Gasteiger partial charge in [-0.25, -0.2) is 4.79 Å². The Morgan fingerprint density at radius 2 is 1.87 bits per heavy atom. The maximum Gasteiger partial charge on any atom is 0.322 e. The molecule has 6 nitrogen and oxygen atoms in total. The molecule has 2 aromatic carbocycles. The Balaban J connectivity index is 1.41. The van der Waals surface area contributed by atoms with Crippen LogP contribution in [0.5, 0.6) is 0 Å². The van der Waals surface area contributed by atoms with Crippen LogP contribution in [0.4, 0.5) is 16.2 Å². The number of hydrogen-bond acceptors (Lipinski definition) is 3. The molecular weight excluding hydrogens is 414 g/mol. The van der Waals surface area contributed by atoms with Crippen LogP contribution in [0.3, 0.4) is 0 Å². The van der Waals surface area contributed by atoms with Gasteiger partial charge in [-0.3, -0.25) is 4.79 Å². The zero-order valence-corrected chi connectivity index (χ0v) is 17.8. The fraction of sp³-hybridized carbons (Fsp3) is 0.250. The summed E-state index contributed by atoms with van der Waals surface area (Å²) in [6, 6.07) is 18.5. The van der Waals surface area contributed by atoms with E-state index in [2.05, 4.69) is 22.8 Å². The number of anilines is 2. The average molecular weight is 438 g/mol. The van der Waals surface area contributed by atoms with Crippen molar-refractivity contribution in [1.82, 2.24) is 4.90 Å². The van der Waals surface area contributed by atoms with Crippen molar-refractivity contribution in [2.45, 2.75) is 31.7 Å². The SMILES string of the molecule is O=C(Nc1ccc(NC(=O)N2CCCCC2Cc2ccccc2)cc1Cl)c1ccco1. The minimum atomic E-state index is -0.388. The molecule has 3 amide bonds. The monoisotopic (exact) mass is 437 g/mol. The van der Waals surface area contributed by atoms with E-state index in [1.54, 1.807) is 30.3 Å². The topological polar surface area (TPSA) is 74.6 Å². The van der Waals surface area contributed by atoms with E-state index < -0.39 is 0 Å². The molecule has 0 saturated carbocycles. The van der Waals surface area contributed by atoms with Crippen LogP contribution in [-0.2, 0) is 6.42 Å². The van der Waals surface area contributed by atoms with Crippen LogP contribution in [0.25, 0.3) is 0 Å². The van der Waals surface area contributed by atoms with Gasteiger partial charge < -0.3 is 20.0 Å². The van der Waals surface area contributed by atoms with Crippen molar-refractivity contribution < 1.29 is 14.0 Å². The van der Waals surface area contributed by atoms with E-state index in [-0.39, 0.29) is 23.7 Å². The molecule has 2 heterocycles. The quantitative estimate of drug-likeness (QED) is 0.528. The number of amides is 3. The Hall–Kier alpha value is -3.25. The van der Waals surface area contributed by atoms with Crippen molar-refractivity contribution in [3.05, 3.63) is 83.3 Å². The first-order valence-corrected chi connectivity index (χ1v) is 10.7. The third-order valence-corrected chi connectivity index (χ3v) is 5.73. The molecule has 1 atom stereocenters. The summed E-state index contributed by atoms with van der Waals surface area (Å²) in [6.07, 6.45) is 5.38. The molecule has 1 aromatic heterocycles. The number of piperidine rings is 1. The molecule has 3 aromatic rings. The summed E-state index contributed by atoms with van der Waals surface area (Å²) in [4.78, 5) is 27.0. The Labute approximate surface area is 186 Å². The standard InChI is InChI=1S/C24H24ClN3O3/c25-20-16-18(11-12-21(20)27-23(29)22-10-6-14-31-22)26-24(30)28-13-5-4-9-19(28)15-17-7-2-1-3-8-17/h1-3,6-8,10-12,14,16,19H,4-5,9,13,15H2,(H,26,30)(H,27,29). The summed E-state index contributed by atoms with van der Waals surface area (Å²) >= 11 is 6.33. The fourth-order valence-electron chi connectivity index (χ4n) is 3.85. The van der Waals surface area contributed by atoms with Crippen LogP contribution in [0, 0.1) is 0 Å². The first-order chi connectivity index (χ1) is 15.1. The normalized spacial score (nSPS) is 16.0. The van der Waals surface area contributed by atoms with Crippen LogP contribution in [-0.4, -0.2) is 29.4 Å². The average Bonchev–Trinajstić information content (AvgIpc) is 3.32. The Morgan fingerprint density at radius 3 is 2.61 bits per heavy atom. The predicted octanol–water partition coefficient (Wildman–Crippen LogP) is 5.81. The summed E-state index contributed by atoms with van der Waals surface area (Å²) in [6.45, 7) is 0.731. The van der Waals surface area contributed by atoms with Crippen LogP contribution in [0.2, 0.25) is 5.02 Å². The fourth-order valence-corrected chi connectivity index (χ4v) is 4.08. The van der Waals surface area contributed by atoms with Crippen LogP contribution >= 0.6 is 11.6 Å². The smallest absolute Gasteiger partial charge is 0.322 e. The highest BCUT2D eigenvalue weighted by atomic mass is 35.5. The minimum absolute atomic E-state index is 0.135. The molecule has 0 aliphatic carbocycles. The summed E-state index contributed by atoms with van der Waals surface area (Å²) in [5.41, 5.74) is 2.25. The van der Waals surface area contributed by atoms with Gasteiger partial charge in [-0.05, 0) is 61.6 Å². The van der Waals surface area contributed by atoms with Crippen LogP contribution in [0.15, 0.2) is 71.3 Å². The van der Waals surface area contributed by atoms with Gasteiger partial charge in [0.1, 0.15) is 0 Å². The maximum absolute atomic E-state index is 13.0. The Bertz CT molecular complexity index is 1040. The number of likely N-dealkylation sites (tertiary alicyclic amines) is 1. The minimum Gasteiger partial charge on any atom is -0.459 e. The van der Waals surface area contributed by atoms with Gasteiger partial charge in [-0.2, -0.15) is 0 Å². The molecule has 0 bridgehead atoms. The number of halogens is 1. The molecule has 31 heavy (non-hydrogen) atoms. The second-order valence-corrected chi connectivity index (χ2v) is 8.00. The zero-order chi connectivity index (χ0) is 21.6. The van der Waals surface area contributed by atoms with E-state index in [0.29, 0.717) is 16.4 Å². The lowest BCUT2D eigenvalue weighted by molar-refractivity contribution is 0.0996. The highest BCUT2D eigenvalue weighted by molar-refractivity contribution is 6.34. The largest absolute Gasteiger partial charge is 0.459 e. The number of nitrogens with one attached hydrogen (secondary N) is 2. The van der Waals surface area contributed by atoms with E-state index in [1.807, 2.05) is 23.1 Å². The number of carbonyl (C=O) groups excluding carboxylic acids is 2. The second kappa shape index (κ2) is 9.71. The molecule has 0 spiro atoms. The summed E-state index contributed by atoms with van der Waals surface area (Å²) < 4.78 is 5.09. The lowest BCUT2D eigenvalue weighted by Gasteiger charge is -2.36. The highest BCUT2D eigenvalue weighted by Crippen LogP contribution is 2.27. The van der Waals surface area contributed by atoms with Crippen molar-refractivity contribution in [1.29, 1.82) is 0 Å². The maximum atomic E-state index is 13.0. The summed E-state index contributed by atoms with van der Waals surface area (Å²) in [5, 5.41) is 5.98. The lowest BCUT2D eigenvalue weighted by Crippen LogP contribution is -2.46. The van der Waals surface area contributed by atoms with Gasteiger partial charge in [0.15, 0.2) is 5.76 Å². The number of nitrogens with zero attached hydrogens (tertiary/aromatic N) is 1. The third kappa shape index (κ3) is 5.27. The zero-order valence-electron chi connectivity index (χ0n) is 17.0. The molecule has 1 saturated heterocycles. The third-order valence-electron chi connectivity index (χ3n) is 5.42. The molecule has 1 aliphatic rings. The van der Waals surface area contributed by atoms with Gasteiger partial charge in [0, 0.05) is 18.3 Å². The molecule has 0 radical (unpaired) electrons. The summed E-state index contributed by atoms with van der Waals surface area (Å²) in [7, 11) is 0. The van der Waals surface area contributed by atoms with Gasteiger partial charge >= 0.3 is 6.03 Å². The van der Waals surface area contributed by atoms with Crippen molar-refractivity contribution in [2.75, 3.05) is 17.2 Å². The molecule has 7 heteroatoms. The highest BCUT2D eigenvalue weighted by Gasteiger charge is 2.27. The second-order valence-electron chi connectivity index (χ2n) is 7.59. The molecule has 2 N–H and O–H groups in total. The van der Waals surface area contributed by atoms with Crippen LogP contribution < -0.4 is 10.6 Å². The van der Waals surface area contributed by atoms with Crippen molar-refractivity contribution in [3.63, 3.8) is 0 Å². The van der Waals surface area contributed by atoms with Crippen LogP contribution in [0.1, 0.15) is 35.4 Å². The summed E-state index contributed by atoms with van der Waals surface area (Å²) in [5.74, 6) is -0.191. The first kappa shape index (κ1) is 21.0. The Morgan fingerprint density at radius 1 is 1.03 bits per heavy atom. The number of benzene rings is 2. The number of urea groups is 1. The lowest BCUT2D eigenvalue weighted by atomic mass is 9.96. The number of rotatable bonds is 5. The molecule has 160 valence electrons. The van der Waals surface area contributed by atoms with E-state index >= 15 is 0 Å². The van der Waals surface area contributed by atoms with E-state index in [4.69, 9.17) is 16.0 Å². The van der Waals surface area contributed by atoms with Crippen molar-refractivity contribution in [3.8, 4) is 0 Å². The van der Waals surface area contributed by atoms with Gasteiger partial charge in [-0.1, -0.05) is 41.9 Å². The predicted molar refractivity (Wildman–Crippen MR) is 122 cm³/mol. The molecular formula is C24H24ClN3O3. The van der Waals surface area contributed by atoms with Gasteiger partial charge in [0.05, 0.1) is 17.0 Å². The van der Waals surface area contributed by atoms with Gasteiger partial charge in [-0.15, -0.1) is 0 Å². The van der Waals surface area contributed by atoms with Crippen molar-refractivity contribution >= 4 is 34.9 Å².